The van der Waals surface area contributed by atoms with E-state index in [-0.39, 0.29) is 11.7 Å². The zero-order valence-electron chi connectivity index (χ0n) is 15.2. The molecule has 4 rings (SSSR count). The molecule has 0 atom stereocenters. The van der Waals surface area contributed by atoms with Crippen LogP contribution < -0.4 is 0 Å². The number of carbonyl (C=O) groups is 1. The normalized spacial score (nSPS) is 17.8. The van der Waals surface area contributed by atoms with Crippen LogP contribution >= 0.6 is 0 Å². The Hall–Kier alpha value is -2.30. The molecule has 136 valence electrons. The zero-order chi connectivity index (χ0) is 18.1. The van der Waals surface area contributed by atoms with Gasteiger partial charge in [0.05, 0.1) is 0 Å². The van der Waals surface area contributed by atoms with Crippen molar-refractivity contribution in [2.24, 2.45) is 5.92 Å². The summed E-state index contributed by atoms with van der Waals surface area (Å²) in [5.41, 5.74) is 3.97. The molecule has 26 heavy (non-hydrogen) atoms. The zero-order valence-corrected chi connectivity index (χ0v) is 15.2. The molecule has 4 nitrogen and oxygen atoms in total. The molecule has 0 N–H and O–H groups in total. The minimum Gasteiger partial charge on any atom is -0.342 e. The van der Waals surface area contributed by atoms with E-state index in [1.54, 1.807) is 12.1 Å². The van der Waals surface area contributed by atoms with Gasteiger partial charge in [-0.05, 0) is 56.0 Å². The lowest BCUT2D eigenvalue weighted by Crippen LogP contribution is -2.37. The van der Waals surface area contributed by atoms with E-state index in [1.165, 1.54) is 25.0 Å². The fourth-order valence-corrected chi connectivity index (χ4v) is 4.17. The number of halogens is 1. The molecular weight excluding hydrogens is 329 g/mol. The molecule has 0 radical (unpaired) electrons. The highest BCUT2D eigenvalue weighted by molar-refractivity contribution is 5.79. The first-order valence-corrected chi connectivity index (χ1v) is 9.53. The second-order valence-corrected chi connectivity index (χ2v) is 7.37. The van der Waals surface area contributed by atoms with Gasteiger partial charge in [-0.25, -0.2) is 14.4 Å². The molecule has 2 heterocycles. The maximum Gasteiger partial charge on any atom is 0.225 e. The Labute approximate surface area is 153 Å². The lowest BCUT2D eigenvalue weighted by molar-refractivity contribution is -0.135. The van der Waals surface area contributed by atoms with Gasteiger partial charge in [0.1, 0.15) is 5.82 Å². The van der Waals surface area contributed by atoms with E-state index in [2.05, 4.69) is 4.98 Å². The number of aryl methyl sites for hydroxylation is 1. The first-order valence-electron chi connectivity index (χ1n) is 9.53. The van der Waals surface area contributed by atoms with Gasteiger partial charge in [-0.1, -0.05) is 12.8 Å². The number of nitrogens with zero attached hydrogens (tertiary/aromatic N) is 3. The average Bonchev–Trinajstić information content (AvgIpc) is 3.09. The summed E-state index contributed by atoms with van der Waals surface area (Å²) in [4.78, 5) is 24.2. The minimum absolute atomic E-state index is 0.221. The maximum atomic E-state index is 13.2. The van der Waals surface area contributed by atoms with Gasteiger partial charge in [0, 0.05) is 42.4 Å². The van der Waals surface area contributed by atoms with Gasteiger partial charge >= 0.3 is 0 Å². The number of hydrogen-bond acceptors (Lipinski definition) is 3. The Morgan fingerprint density at radius 1 is 1.08 bits per heavy atom. The molecule has 2 aromatic rings. The molecule has 1 saturated carbocycles. The molecule has 0 saturated heterocycles. The predicted molar refractivity (Wildman–Crippen MR) is 98.1 cm³/mol. The summed E-state index contributed by atoms with van der Waals surface area (Å²) in [6, 6.07) is 6.29. The van der Waals surface area contributed by atoms with E-state index >= 15 is 0 Å². The summed E-state index contributed by atoms with van der Waals surface area (Å²) in [6.45, 7) is 3.48. The third kappa shape index (κ3) is 3.35. The summed E-state index contributed by atoms with van der Waals surface area (Å²) in [7, 11) is 0. The summed E-state index contributed by atoms with van der Waals surface area (Å²) >= 11 is 0. The van der Waals surface area contributed by atoms with Gasteiger partial charge in [0.25, 0.3) is 0 Å². The highest BCUT2D eigenvalue weighted by Crippen LogP contribution is 2.28. The Balaban J connectivity index is 1.57. The second-order valence-electron chi connectivity index (χ2n) is 7.37. The van der Waals surface area contributed by atoms with Crippen molar-refractivity contribution in [3.05, 3.63) is 47.0 Å². The molecular formula is C21H24FN3O. The van der Waals surface area contributed by atoms with E-state index in [9.17, 15) is 9.18 Å². The number of fused-ring (bicyclic) bond motifs is 1. The summed E-state index contributed by atoms with van der Waals surface area (Å²) in [6.07, 6.45) is 5.99. The maximum absolute atomic E-state index is 13.2. The van der Waals surface area contributed by atoms with Crippen LogP contribution in [0.1, 0.15) is 42.6 Å². The standard InChI is InChI=1S/C21H24FN3O/c1-14-18-10-12-25(21(26)16-4-2-3-5-16)13-11-19(18)24-20(23-14)15-6-8-17(22)9-7-15/h6-9,16H,2-5,10-13H2,1H3. The largest absolute Gasteiger partial charge is 0.342 e. The lowest BCUT2D eigenvalue weighted by atomic mass is 10.1. The fourth-order valence-electron chi connectivity index (χ4n) is 4.17. The molecule has 1 aliphatic carbocycles. The van der Waals surface area contributed by atoms with Crippen molar-refractivity contribution in [3.63, 3.8) is 0 Å². The van der Waals surface area contributed by atoms with E-state index in [0.29, 0.717) is 11.7 Å². The van der Waals surface area contributed by atoms with Crippen LogP contribution in [0.2, 0.25) is 0 Å². The molecule has 5 heteroatoms. The number of aromatic nitrogens is 2. The molecule has 0 bridgehead atoms. The first kappa shape index (κ1) is 17.1. The predicted octanol–water partition coefficient (Wildman–Crippen LogP) is 3.71. The van der Waals surface area contributed by atoms with Crippen LogP contribution in [0, 0.1) is 18.7 Å². The van der Waals surface area contributed by atoms with Crippen molar-refractivity contribution < 1.29 is 9.18 Å². The Kier molecular flexibility index (Phi) is 4.70. The number of rotatable bonds is 2. The monoisotopic (exact) mass is 353 g/mol. The third-order valence-corrected chi connectivity index (χ3v) is 5.67. The second kappa shape index (κ2) is 7.14. The molecule has 0 unspecified atom stereocenters. The van der Waals surface area contributed by atoms with E-state index in [1.807, 2.05) is 11.8 Å². The van der Waals surface area contributed by atoms with E-state index in [0.717, 1.165) is 61.3 Å². The topological polar surface area (TPSA) is 46.1 Å². The molecule has 1 fully saturated rings. The molecule has 2 aliphatic rings. The number of hydrogen-bond donors (Lipinski definition) is 0. The molecule has 1 aliphatic heterocycles. The Morgan fingerprint density at radius 3 is 2.50 bits per heavy atom. The van der Waals surface area contributed by atoms with Crippen LogP contribution in [-0.4, -0.2) is 33.9 Å². The van der Waals surface area contributed by atoms with Crippen molar-refractivity contribution in [1.82, 2.24) is 14.9 Å². The summed E-state index contributed by atoms with van der Waals surface area (Å²) < 4.78 is 13.2. The highest BCUT2D eigenvalue weighted by atomic mass is 19.1. The van der Waals surface area contributed by atoms with Gasteiger partial charge < -0.3 is 4.90 Å². The smallest absolute Gasteiger partial charge is 0.225 e. The van der Waals surface area contributed by atoms with Gasteiger partial charge in [0.15, 0.2) is 5.82 Å². The van der Waals surface area contributed by atoms with Crippen LogP contribution in [0.15, 0.2) is 24.3 Å². The lowest BCUT2D eigenvalue weighted by Gasteiger charge is -2.23. The average molecular weight is 353 g/mol. The first-order chi connectivity index (χ1) is 12.6. The van der Waals surface area contributed by atoms with Crippen molar-refractivity contribution in [1.29, 1.82) is 0 Å². The third-order valence-electron chi connectivity index (χ3n) is 5.67. The van der Waals surface area contributed by atoms with Crippen LogP contribution in [0.3, 0.4) is 0 Å². The van der Waals surface area contributed by atoms with Gasteiger partial charge in [0.2, 0.25) is 5.91 Å². The number of carbonyl (C=O) groups excluding carboxylic acids is 1. The molecule has 1 amide bonds. The van der Waals surface area contributed by atoms with Crippen molar-refractivity contribution in [3.8, 4) is 11.4 Å². The van der Waals surface area contributed by atoms with E-state index < -0.39 is 0 Å². The van der Waals surface area contributed by atoms with E-state index in [4.69, 9.17) is 4.98 Å². The quantitative estimate of drug-likeness (QED) is 0.827. The van der Waals surface area contributed by atoms with Crippen molar-refractivity contribution in [2.45, 2.75) is 45.4 Å². The Bertz CT molecular complexity index is 813. The SMILES string of the molecule is Cc1nc(-c2ccc(F)cc2)nc2c1CCN(C(=O)C1CCCC1)CC2. The summed E-state index contributed by atoms with van der Waals surface area (Å²) in [5.74, 6) is 0.913. The Morgan fingerprint density at radius 2 is 1.77 bits per heavy atom. The van der Waals surface area contributed by atoms with Crippen LogP contribution in [0.5, 0.6) is 0 Å². The number of benzene rings is 1. The minimum atomic E-state index is -0.263. The van der Waals surface area contributed by atoms with Crippen LogP contribution in [-0.2, 0) is 17.6 Å². The molecule has 1 aromatic heterocycles. The fraction of sp³-hybridized carbons (Fsp3) is 0.476. The molecule has 0 spiro atoms. The van der Waals surface area contributed by atoms with Gasteiger partial charge in [-0.2, -0.15) is 0 Å². The van der Waals surface area contributed by atoms with Crippen LogP contribution in [0.4, 0.5) is 4.39 Å². The van der Waals surface area contributed by atoms with Gasteiger partial charge in [-0.15, -0.1) is 0 Å². The van der Waals surface area contributed by atoms with Crippen molar-refractivity contribution in [2.75, 3.05) is 13.1 Å². The van der Waals surface area contributed by atoms with Gasteiger partial charge in [-0.3, -0.25) is 4.79 Å². The van der Waals surface area contributed by atoms with Crippen LogP contribution in [0.25, 0.3) is 11.4 Å². The van der Waals surface area contributed by atoms with Crippen molar-refractivity contribution >= 4 is 5.91 Å². The number of amides is 1. The molecule has 1 aromatic carbocycles. The highest BCUT2D eigenvalue weighted by Gasteiger charge is 2.29. The summed E-state index contributed by atoms with van der Waals surface area (Å²) in [5, 5.41) is 0.